The van der Waals surface area contributed by atoms with Crippen LogP contribution in [0.3, 0.4) is 0 Å². The molecule has 1 saturated heterocycles. The monoisotopic (exact) mass is 143 g/mol. The highest BCUT2D eigenvalue weighted by molar-refractivity contribution is 5.71. The van der Waals surface area contributed by atoms with Crippen molar-refractivity contribution >= 4 is 5.97 Å². The SMILES string of the molecule is CC1(C)COC(=O)CC1N. The minimum Gasteiger partial charge on any atom is -0.465 e. The largest absolute Gasteiger partial charge is 0.465 e. The first kappa shape index (κ1) is 7.54. The molecule has 0 aromatic carbocycles. The van der Waals surface area contributed by atoms with Gasteiger partial charge in [-0.2, -0.15) is 0 Å². The standard InChI is InChI=1S/C7H13NO2/c1-7(2)4-10-6(9)3-5(7)8/h5H,3-4,8H2,1-2H3. The average Bonchev–Trinajstić information content (AvgIpc) is 1.81. The molecule has 0 saturated carbocycles. The highest BCUT2D eigenvalue weighted by Crippen LogP contribution is 2.25. The summed E-state index contributed by atoms with van der Waals surface area (Å²) in [5.41, 5.74) is 5.65. The second kappa shape index (κ2) is 2.23. The summed E-state index contributed by atoms with van der Waals surface area (Å²) in [6, 6.07) is -0.0475. The van der Waals surface area contributed by atoms with Gasteiger partial charge in [0.2, 0.25) is 0 Å². The quantitative estimate of drug-likeness (QED) is 0.496. The van der Waals surface area contributed by atoms with Crippen LogP contribution < -0.4 is 5.73 Å². The zero-order chi connectivity index (χ0) is 7.78. The van der Waals surface area contributed by atoms with Crippen LogP contribution in [0.15, 0.2) is 0 Å². The van der Waals surface area contributed by atoms with Crippen molar-refractivity contribution in [1.29, 1.82) is 0 Å². The highest BCUT2D eigenvalue weighted by atomic mass is 16.5. The zero-order valence-electron chi connectivity index (χ0n) is 6.39. The van der Waals surface area contributed by atoms with Crippen LogP contribution in [0.1, 0.15) is 20.3 Å². The van der Waals surface area contributed by atoms with E-state index in [0.29, 0.717) is 13.0 Å². The molecule has 0 aliphatic carbocycles. The van der Waals surface area contributed by atoms with E-state index in [1.54, 1.807) is 0 Å². The second-order valence-corrected chi connectivity index (χ2v) is 3.46. The number of nitrogens with two attached hydrogens (primary N) is 1. The second-order valence-electron chi connectivity index (χ2n) is 3.46. The first-order valence-corrected chi connectivity index (χ1v) is 3.43. The lowest BCUT2D eigenvalue weighted by Gasteiger charge is -2.34. The Morgan fingerprint density at radius 1 is 1.70 bits per heavy atom. The Morgan fingerprint density at radius 2 is 2.30 bits per heavy atom. The molecule has 1 aliphatic heterocycles. The van der Waals surface area contributed by atoms with Gasteiger partial charge in [-0.15, -0.1) is 0 Å². The van der Waals surface area contributed by atoms with Crippen LogP contribution in [0.25, 0.3) is 0 Å². The number of cyclic esters (lactones) is 1. The summed E-state index contributed by atoms with van der Waals surface area (Å²) < 4.78 is 4.84. The molecule has 2 N–H and O–H groups in total. The van der Waals surface area contributed by atoms with Gasteiger partial charge in [0.05, 0.1) is 13.0 Å². The minimum absolute atomic E-state index is 0.0475. The number of hydrogen-bond donors (Lipinski definition) is 1. The molecule has 1 fully saturated rings. The van der Waals surface area contributed by atoms with E-state index in [0.717, 1.165) is 0 Å². The number of rotatable bonds is 0. The van der Waals surface area contributed by atoms with E-state index in [2.05, 4.69) is 0 Å². The third-order valence-corrected chi connectivity index (χ3v) is 2.00. The van der Waals surface area contributed by atoms with Gasteiger partial charge in [-0.3, -0.25) is 4.79 Å². The number of ether oxygens (including phenoxy) is 1. The van der Waals surface area contributed by atoms with Crippen molar-refractivity contribution in [2.24, 2.45) is 11.1 Å². The molecule has 1 rings (SSSR count). The predicted molar refractivity (Wildman–Crippen MR) is 37.3 cm³/mol. The maximum absolute atomic E-state index is 10.7. The first-order valence-electron chi connectivity index (χ1n) is 3.43. The van der Waals surface area contributed by atoms with Crippen molar-refractivity contribution in [3.63, 3.8) is 0 Å². The topological polar surface area (TPSA) is 52.3 Å². The molecule has 58 valence electrons. The Balaban J connectivity index is 2.60. The molecule has 1 unspecified atom stereocenters. The van der Waals surface area contributed by atoms with Crippen molar-refractivity contribution in [2.45, 2.75) is 26.3 Å². The number of hydrogen-bond acceptors (Lipinski definition) is 3. The molecule has 3 heteroatoms. The van der Waals surface area contributed by atoms with E-state index < -0.39 is 0 Å². The molecule has 0 aromatic heterocycles. The molecular weight excluding hydrogens is 130 g/mol. The van der Waals surface area contributed by atoms with Crippen LogP contribution >= 0.6 is 0 Å². The third kappa shape index (κ3) is 1.29. The fraction of sp³-hybridized carbons (Fsp3) is 0.857. The van der Waals surface area contributed by atoms with Gasteiger partial charge in [0.1, 0.15) is 0 Å². The van der Waals surface area contributed by atoms with Gasteiger partial charge in [-0.25, -0.2) is 0 Å². The number of carbonyl (C=O) groups is 1. The fourth-order valence-electron chi connectivity index (χ4n) is 0.888. The van der Waals surface area contributed by atoms with E-state index in [-0.39, 0.29) is 17.4 Å². The summed E-state index contributed by atoms with van der Waals surface area (Å²) in [7, 11) is 0. The first-order chi connectivity index (χ1) is 4.52. The Hall–Kier alpha value is -0.570. The maximum Gasteiger partial charge on any atom is 0.307 e. The van der Waals surface area contributed by atoms with E-state index in [9.17, 15) is 4.79 Å². The molecule has 3 nitrogen and oxygen atoms in total. The van der Waals surface area contributed by atoms with Gasteiger partial charge >= 0.3 is 5.97 Å². The third-order valence-electron chi connectivity index (χ3n) is 2.00. The molecule has 1 aliphatic rings. The van der Waals surface area contributed by atoms with E-state index >= 15 is 0 Å². The smallest absolute Gasteiger partial charge is 0.307 e. The number of esters is 1. The predicted octanol–water partition coefficient (Wildman–Crippen LogP) is 0.287. The van der Waals surface area contributed by atoms with Crippen molar-refractivity contribution < 1.29 is 9.53 Å². The van der Waals surface area contributed by atoms with Gasteiger partial charge in [-0.1, -0.05) is 13.8 Å². The molecule has 10 heavy (non-hydrogen) atoms. The average molecular weight is 143 g/mol. The van der Waals surface area contributed by atoms with Crippen LogP contribution in [-0.2, 0) is 9.53 Å². The van der Waals surface area contributed by atoms with Gasteiger partial charge in [-0.05, 0) is 0 Å². The Kier molecular flexibility index (Phi) is 1.68. The lowest BCUT2D eigenvalue weighted by molar-refractivity contribution is -0.154. The number of carbonyl (C=O) groups excluding carboxylic acids is 1. The summed E-state index contributed by atoms with van der Waals surface area (Å²) in [4.78, 5) is 10.7. The van der Waals surface area contributed by atoms with Crippen molar-refractivity contribution in [2.75, 3.05) is 6.61 Å². The molecule has 0 amide bonds. The Labute approximate surface area is 60.5 Å². The molecule has 0 spiro atoms. The van der Waals surface area contributed by atoms with Crippen molar-refractivity contribution in [3.05, 3.63) is 0 Å². The van der Waals surface area contributed by atoms with Crippen LogP contribution in [0, 0.1) is 5.41 Å². The van der Waals surface area contributed by atoms with Crippen LogP contribution in [0.4, 0.5) is 0 Å². The van der Waals surface area contributed by atoms with Crippen molar-refractivity contribution in [1.82, 2.24) is 0 Å². The minimum atomic E-state index is -0.174. The molecule has 0 radical (unpaired) electrons. The summed E-state index contributed by atoms with van der Waals surface area (Å²) in [5.74, 6) is -0.174. The summed E-state index contributed by atoms with van der Waals surface area (Å²) in [6.07, 6.45) is 0.354. The van der Waals surface area contributed by atoms with E-state index in [1.807, 2.05) is 13.8 Å². The van der Waals surface area contributed by atoms with Gasteiger partial charge in [0.25, 0.3) is 0 Å². The van der Waals surface area contributed by atoms with E-state index in [4.69, 9.17) is 10.5 Å². The maximum atomic E-state index is 10.7. The van der Waals surface area contributed by atoms with E-state index in [1.165, 1.54) is 0 Å². The summed E-state index contributed by atoms with van der Waals surface area (Å²) >= 11 is 0. The normalized spacial score (nSPS) is 31.5. The fourth-order valence-corrected chi connectivity index (χ4v) is 0.888. The van der Waals surface area contributed by atoms with Gasteiger partial charge in [0, 0.05) is 11.5 Å². The molecule has 1 heterocycles. The molecular formula is C7H13NO2. The van der Waals surface area contributed by atoms with Crippen LogP contribution in [-0.4, -0.2) is 18.6 Å². The lowest BCUT2D eigenvalue weighted by Crippen LogP contribution is -2.46. The Bertz CT molecular complexity index is 154. The van der Waals surface area contributed by atoms with Crippen LogP contribution in [0.2, 0.25) is 0 Å². The molecule has 0 bridgehead atoms. The van der Waals surface area contributed by atoms with Crippen LogP contribution in [0.5, 0.6) is 0 Å². The summed E-state index contributed by atoms with van der Waals surface area (Å²) in [5, 5.41) is 0. The molecule has 0 aromatic rings. The van der Waals surface area contributed by atoms with Gasteiger partial charge < -0.3 is 10.5 Å². The van der Waals surface area contributed by atoms with Crippen molar-refractivity contribution in [3.8, 4) is 0 Å². The van der Waals surface area contributed by atoms with Gasteiger partial charge in [0.15, 0.2) is 0 Å². The zero-order valence-corrected chi connectivity index (χ0v) is 6.39. The molecule has 1 atom stereocenters. The lowest BCUT2D eigenvalue weighted by atomic mass is 9.82. The highest BCUT2D eigenvalue weighted by Gasteiger charge is 2.34. The Morgan fingerprint density at radius 3 is 2.70 bits per heavy atom. The summed E-state index contributed by atoms with van der Waals surface area (Å²) in [6.45, 7) is 4.46.